The van der Waals surface area contributed by atoms with E-state index in [0.29, 0.717) is 12.5 Å². The molecule has 0 spiro atoms. The summed E-state index contributed by atoms with van der Waals surface area (Å²) in [6.07, 6.45) is 2.07. The zero-order chi connectivity index (χ0) is 14.6. The Hall–Kier alpha value is -1.11. The third kappa shape index (κ3) is 3.94. The van der Waals surface area contributed by atoms with Crippen LogP contribution >= 0.6 is 0 Å². The average Bonchev–Trinajstić information content (AvgIpc) is 2.46. The molecular formula is C14H22N2O3S. The van der Waals surface area contributed by atoms with E-state index in [-0.39, 0.29) is 10.6 Å². The Morgan fingerprint density at radius 3 is 2.40 bits per heavy atom. The van der Waals surface area contributed by atoms with Gasteiger partial charge in [-0.15, -0.1) is 0 Å². The minimum Gasteiger partial charge on any atom is -0.508 e. The molecule has 1 heterocycles. The molecule has 1 aromatic rings. The Bertz CT molecular complexity index is 520. The van der Waals surface area contributed by atoms with Gasteiger partial charge in [0.15, 0.2) is 0 Å². The van der Waals surface area contributed by atoms with E-state index in [9.17, 15) is 13.5 Å². The highest BCUT2D eigenvalue weighted by Gasteiger charge is 2.21. The van der Waals surface area contributed by atoms with Crippen molar-refractivity contribution in [2.45, 2.75) is 24.7 Å². The van der Waals surface area contributed by atoms with Gasteiger partial charge < -0.3 is 10.0 Å². The van der Waals surface area contributed by atoms with Crippen LogP contribution in [0.3, 0.4) is 0 Å². The maximum Gasteiger partial charge on any atom is 0.240 e. The molecule has 20 heavy (non-hydrogen) atoms. The van der Waals surface area contributed by atoms with Crippen molar-refractivity contribution in [2.24, 2.45) is 5.92 Å². The van der Waals surface area contributed by atoms with Crippen LogP contribution in [0, 0.1) is 5.92 Å². The second kappa shape index (κ2) is 6.56. The summed E-state index contributed by atoms with van der Waals surface area (Å²) in [6, 6.07) is 5.59. The Kier molecular flexibility index (Phi) is 5.01. The summed E-state index contributed by atoms with van der Waals surface area (Å²) in [5.74, 6) is 0.473. The van der Waals surface area contributed by atoms with Crippen LogP contribution in [-0.2, 0) is 10.0 Å². The summed E-state index contributed by atoms with van der Waals surface area (Å²) < 4.78 is 26.9. The van der Waals surface area contributed by atoms with E-state index in [1.165, 1.54) is 24.3 Å². The minimum absolute atomic E-state index is 0.0656. The van der Waals surface area contributed by atoms with Crippen LogP contribution in [0.25, 0.3) is 0 Å². The first kappa shape index (κ1) is 15.3. The van der Waals surface area contributed by atoms with E-state index in [1.807, 2.05) is 0 Å². The lowest BCUT2D eigenvalue weighted by Gasteiger charge is -2.30. The van der Waals surface area contributed by atoms with Crippen molar-refractivity contribution in [3.63, 3.8) is 0 Å². The number of nitrogens with zero attached hydrogens (tertiary/aromatic N) is 1. The van der Waals surface area contributed by atoms with Gasteiger partial charge in [0.05, 0.1) is 4.90 Å². The van der Waals surface area contributed by atoms with E-state index in [2.05, 4.69) is 16.5 Å². The smallest absolute Gasteiger partial charge is 0.240 e. The maximum absolute atomic E-state index is 12.1. The number of aromatic hydroxyl groups is 1. The molecule has 0 bridgehead atoms. The Morgan fingerprint density at radius 1 is 1.25 bits per heavy atom. The van der Waals surface area contributed by atoms with Gasteiger partial charge in [-0.1, -0.05) is 6.92 Å². The number of phenols is 1. The fraction of sp³-hybridized carbons (Fsp3) is 0.571. The quantitative estimate of drug-likeness (QED) is 0.862. The largest absolute Gasteiger partial charge is 0.508 e. The molecule has 0 saturated carbocycles. The van der Waals surface area contributed by atoms with E-state index in [1.54, 1.807) is 0 Å². The van der Waals surface area contributed by atoms with Crippen LogP contribution in [0.15, 0.2) is 29.2 Å². The first-order chi connectivity index (χ1) is 9.51. The normalized spacial score (nSPS) is 18.2. The molecule has 1 aliphatic rings. The number of benzene rings is 1. The SMILES string of the molecule is CCN1CCC(CNS(=O)(=O)c2ccc(O)cc2)CC1. The van der Waals surface area contributed by atoms with Crippen molar-refractivity contribution < 1.29 is 13.5 Å². The van der Waals surface area contributed by atoms with Gasteiger partial charge in [0.25, 0.3) is 0 Å². The number of piperidine rings is 1. The zero-order valence-electron chi connectivity index (χ0n) is 11.7. The molecule has 0 aromatic heterocycles. The number of nitrogens with one attached hydrogen (secondary N) is 1. The van der Waals surface area contributed by atoms with Crippen molar-refractivity contribution in [1.82, 2.24) is 9.62 Å². The molecule has 1 aliphatic heterocycles. The summed E-state index contributed by atoms with van der Waals surface area (Å²) in [7, 11) is -3.47. The molecule has 5 nitrogen and oxygen atoms in total. The molecule has 0 amide bonds. The van der Waals surface area contributed by atoms with E-state index >= 15 is 0 Å². The van der Waals surface area contributed by atoms with Crippen LogP contribution < -0.4 is 4.72 Å². The Morgan fingerprint density at radius 2 is 1.85 bits per heavy atom. The highest BCUT2D eigenvalue weighted by molar-refractivity contribution is 7.89. The first-order valence-electron chi connectivity index (χ1n) is 7.02. The monoisotopic (exact) mass is 298 g/mol. The molecule has 0 radical (unpaired) electrons. The van der Waals surface area contributed by atoms with Crippen LogP contribution in [0.2, 0.25) is 0 Å². The standard InChI is InChI=1S/C14H22N2O3S/c1-2-16-9-7-12(8-10-16)11-15-20(18,19)14-5-3-13(17)4-6-14/h3-6,12,15,17H,2,7-11H2,1H3. The van der Waals surface area contributed by atoms with Gasteiger partial charge >= 0.3 is 0 Å². The van der Waals surface area contributed by atoms with Crippen molar-refractivity contribution in [3.8, 4) is 5.75 Å². The zero-order valence-corrected chi connectivity index (χ0v) is 12.6. The number of hydrogen-bond donors (Lipinski definition) is 2. The molecule has 0 atom stereocenters. The summed E-state index contributed by atoms with van der Waals surface area (Å²) in [5.41, 5.74) is 0. The van der Waals surface area contributed by atoms with Crippen molar-refractivity contribution >= 4 is 10.0 Å². The fourth-order valence-electron chi connectivity index (χ4n) is 2.44. The highest BCUT2D eigenvalue weighted by Crippen LogP contribution is 2.18. The van der Waals surface area contributed by atoms with E-state index in [0.717, 1.165) is 32.5 Å². The Labute approximate surface area is 120 Å². The third-order valence-electron chi connectivity index (χ3n) is 3.86. The van der Waals surface area contributed by atoms with Gasteiger partial charge in [0.2, 0.25) is 10.0 Å². The number of likely N-dealkylation sites (tertiary alicyclic amines) is 1. The molecular weight excluding hydrogens is 276 g/mol. The number of sulfonamides is 1. The van der Waals surface area contributed by atoms with Gasteiger partial charge in [0.1, 0.15) is 5.75 Å². The van der Waals surface area contributed by atoms with Crippen molar-refractivity contribution in [1.29, 1.82) is 0 Å². The lowest BCUT2D eigenvalue weighted by Crippen LogP contribution is -2.38. The van der Waals surface area contributed by atoms with Gasteiger partial charge in [0, 0.05) is 6.54 Å². The molecule has 6 heteroatoms. The lowest BCUT2D eigenvalue weighted by molar-refractivity contribution is 0.194. The second-order valence-corrected chi connectivity index (χ2v) is 6.99. The molecule has 1 aromatic carbocycles. The maximum atomic E-state index is 12.1. The molecule has 2 N–H and O–H groups in total. The van der Waals surface area contributed by atoms with Crippen molar-refractivity contribution in [3.05, 3.63) is 24.3 Å². The topological polar surface area (TPSA) is 69.6 Å². The van der Waals surface area contributed by atoms with Gasteiger partial charge in [-0.25, -0.2) is 13.1 Å². The second-order valence-electron chi connectivity index (χ2n) is 5.22. The number of rotatable bonds is 5. The first-order valence-corrected chi connectivity index (χ1v) is 8.50. The van der Waals surface area contributed by atoms with Gasteiger partial charge in [-0.3, -0.25) is 0 Å². The predicted octanol–water partition coefficient (Wildman–Crippen LogP) is 1.40. The van der Waals surface area contributed by atoms with Gasteiger partial charge in [-0.05, 0) is 62.7 Å². The minimum atomic E-state index is -3.47. The number of hydrogen-bond acceptors (Lipinski definition) is 4. The number of phenolic OH excluding ortho intramolecular Hbond substituents is 1. The molecule has 0 aliphatic carbocycles. The average molecular weight is 298 g/mol. The van der Waals surface area contributed by atoms with Crippen LogP contribution in [0.1, 0.15) is 19.8 Å². The molecule has 0 unspecified atom stereocenters. The van der Waals surface area contributed by atoms with Gasteiger partial charge in [-0.2, -0.15) is 0 Å². The van der Waals surface area contributed by atoms with Crippen LogP contribution in [-0.4, -0.2) is 44.6 Å². The third-order valence-corrected chi connectivity index (χ3v) is 5.30. The molecule has 1 fully saturated rings. The molecule has 1 saturated heterocycles. The summed E-state index contributed by atoms with van der Waals surface area (Å²) >= 11 is 0. The van der Waals surface area contributed by atoms with E-state index < -0.39 is 10.0 Å². The van der Waals surface area contributed by atoms with Crippen LogP contribution in [0.5, 0.6) is 5.75 Å². The highest BCUT2D eigenvalue weighted by atomic mass is 32.2. The summed E-state index contributed by atoms with van der Waals surface area (Å²) in [6.45, 7) is 5.78. The Balaban J connectivity index is 1.88. The summed E-state index contributed by atoms with van der Waals surface area (Å²) in [4.78, 5) is 2.58. The van der Waals surface area contributed by atoms with E-state index in [4.69, 9.17) is 0 Å². The van der Waals surface area contributed by atoms with Crippen molar-refractivity contribution in [2.75, 3.05) is 26.2 Å². The predicted molar refractivity (Wildman–Crippen MR) is 78.1 cm³/mol. The lowest BCUT2D eigenvalue weighted by atomic mass is 9.97. The fourth-order valence-corrected chi connectivity index (χ4v) is 3.56. The molecule has 112 valence electrons. The summed E-state index contributed by atoms with van der Waals surface area (Å²) in [5, 5.41) is 9.18. The van der Waals surface area contributed by atoms with Crippen LogP contribution in [0.4, 0.5) is 0 Å². The molecule has 2 rings (SSSR count).